The zero-order valence-corrected chi connectivity index (χ0v) is 19.0. The van der Waals surface area contributed by atoms with Crippen LogP contribution in [0, 0.1) is 5.92 Å². The molecule has 0 aromatic heterocycles. The van der Waals surface area contributed by atoms with Gasteiger partial charge in [-0.1, -0.05) is 23.7 Å². The molecule has 2 amide bonds. The van der Waals surface area contributed by atoms with Gasteiger partial charge < -0.3 is 10.6 Å². The molecule has 0 bridgehead atoms. The van der Waals surface area contributed by atoms with Gasteiger partial charge in [0.15, 0.2) is 0 Å². The summed E-state index contributed by atoms with van der Waals surface area (Å²) in [6.45, 7) is 0. The van der Waals surface area contributed by atoms with Crippen molar-refractivity contribution in [3.05, 3.63) is 58.6 Å². The molecule has 2 atom stereocenters. The highest BCUT2D eigenvalue weighted by molar-refractivity contribution is 6.53. The summed E-state index contributed by atoms with van der Waals surface area (Å²) in [4.78, 5) is 25.3. The van der Waals surface area contributed by atoms with E-state index >= 15 is 0 Å². The van der Waals surface area contributed by atoms with Crippen LogP contribution in [0.1, 0.15) is 34.7 Å². The molecule has 2 unspecified atom stereocenters. The summed E-state index contributed by atoms with van der Waals surface area (Å²) < 4.78 is 24.6. The van der Waals surface area contributed by atoms with Crippen molar-refractivity contribution in [1.29, 1.82) is 0 Å². The van der Waals surface area contributed by atoms with Crippen molar-refractivity contribution in [1.82, 2.24) is 5.32 Å². The predicted molar refractivity (Wildman–Crippen MR) is 119 cm³/mol. The Morgan fingerprint density at radius 1 is 1.06 bits per heavy atom. The van der Waals surface area contributed by atoms with Gasteiger partial charge in [0.05, 0.1) is 22.2 Å². The number of anilines is 2. The van der Waals surface area contributed by atoms with Crippen LogP contribution < -0.4 is 15.9 Å². The zero-order chi connectivity index (χ0) is 24.1. The van der Waals surface area contributed by atoms with Gasteiger partial charge in [-0.2, -0.15) is 0 Å². The average molecular weight is 521 g/mol. The quantitative estimate of drug-likeness (QED) is 0.318. The van der Waals surface area contributed by atoms with Crippen LogP contribution in [0.2, 0.25) is 5.02 Å². The van der Waals surface area contributed by atoms with Gasteiger partial charge in [-0.3, -0.25) is 20.0 Å². The van der Waals surface area contributed by atoms with Crippen LogP contribution >= 0.6 is 34.8 Å². The monoisotopic (exact) mass is 519 g/mol. The fraction of sp³-hybridized carbons (Fsp3) is 0.333. The Morgan fingerprint density at radius 2 is 1.70 bits per heavy atom. The number of rotatable bonds is 6. The molecule has 4 N–H and O–H groups in total. The molecule has 33 heavy (non-hydrogen) atoms. The Labute approximate surface area is 202 Å². The molecular weight excluding hydrogens is 503 g/mol. The first-order valence-corrected chi connectivity index (χ1v) is 11.0. The fourth-order valence-corrected chi connectivity index (χ4v) is 4.94. The van der Waals surface area contributed by atoms with Gasteiger partial charge in [0.2, 0.25) is 5.91 Å². The number of nitrogens with one attached hydrogen (secondary N) is 2. The average Bonchev–Trinajstić information content (AvgIpc) is 3.30. The van der Waals surface area contributed by atoms with Crippen molar-refractivity contribution in [3.8, 4) is 0 Å². The minimum atomic E-state index is -2.77. The summed E-state index contributed by atoms with van der Waals surface area (Å²) in [5.41, 5.74) is 1.04. The van der Waals surface area contributed by atoms with Crippen LogP contribution in [0.25, 0.3) is 0 Å². The van der Waals surface area contributed by atoms with Crippen molar-refractivity contribution < 1.29 is 28.8 Å². The second-order valence-electron chi connectivity index (χ2n) is 8.13. The minimum absolute atomic E-state index is 0.0354. The van der Waals surface area contributed by atoms with Gasteiger partial charge in [-0.15, -0.1) is 28.4 Å². The molecule has 2 saturated carbocycles. The molecule has 2 aliphatic rings. The molecule has 7 nitrogen and oxygen atoms in total. The van der Waals surface area contributed by atoms with Crippen LogP contribution in [0.3, 0.4) is 0 Å². The number of hydrogen-bond acceptors (Lipinski definition) is 5. The number of carbonyl (C=O) groups excluding carboxylic acids is 2. The van der Waals surface area contributed by atoms with E-state index in [0.717, 1.165) is 0 Å². The van der Waals surface area contributed by atoms with E-state index in [-0.39, 0.29) is 27.2 Å². The first-order valence-electron chi connectivity index (χ1n) is 9.84. The summed E-state index contributed by atoms with van der Waals surface area (Å²) in [7, 11) is 0. The van der Waals surface area contributed by atoms with Crippen molar-refractivity contribution in [3.63, 3.8) is 0 Å². The third-order valence-corrected chi connectivity index (χ3v) is 6.99. The lowest BCUT2D eigenvalue weighted by atomic mass is 9.88. The highest BCUT2D eigenvalue weighted by atomic mass is 35.5. The van der Waals surface area contributed by atoms with Crippen molar-refractivity contribution >= 4 is 58.0 Å². The molecule has 2 aromatic rings. The van der Waals surface area contributed by atoms with E-state index < -0.39 is 52.8 Å². The zero-order valence-electron chi connectivity index (χ0n) is 16.7. The van der Waals surface area contributed by atoms with Gasteiger partial charge in [0.1, 0.15) is 4.33 Å². The predicted octanol–water partition coefficient (Wildman–Crippen LogP) is 4.98. The second-order valence-corrected chi connectivity index (χ2v) is 9.98. The third kappa shape index (κ3) is 4.88. The number of alkyl halides is 4. The fourth-order valence-electron chi connectivity index (χ4n) is 3.91. The SMILES string of the molecule is O=C(NC1CC(F)(F)C1)c1cc(NC(=O)C2C(c3ccc(N(O)O)cc3)C2(Cl)Cl)ccc1Cl. The Hall–Kier alpha value is -2.17. The lowest BCUT2D eigenvalue weighted by Crippen LogP contribution is -2.50. The number of amides is 2. The number of halogens is 5. The molecule has 0 radical (unpaired) electrons. The molecule has 176 valence electrons. The maximum Gasteiger partial charge on any atom is 0.253 e. The van der Waals surface area contributed by atoms with Gasteiger partial charge in [0, 0.05) is 30.5 Å². The van der Waals surface area contributed by atoms with E-state index in [9.17, 15) is 18.4 Å². The topological polar surface area (TPSA) is 102 Å². The normalized spacial score (nSPS) is 22.8. The third-order valence-electron chi connectivity index (χ3n) is 5.72. The highest BCUT2D eigenvalue weighted by Gasteiger charge is 2.67. The smallest absolute Gasteiger partial charge is 0.253 e. The van der Waals surface area contributed by atoms with E-state index in [2.05, 4.69) is 10.6 Å². The molecule has 0 spiro atoms. The van der Waals surface area contributed by atoms with Crippen molar-refractivity contribution in [2.45, 2.75) is 35.1 Å². The molecule has 4 rings (SSSR count). The molecule has 0 aliphatic heterocycles. The molecule has 2 aliphatic carbocycles. The number of hydrogen-bond donors (Lipinski definition) is 4. The van der Waals surface area contributed by atoms with Gasteiger partial charge in [0.25, 0.3) is 11.8 Å². The Morgan fingerprint density at radius 3 is 2.27 bits per heavy atom. The summed E-state index contributed by atoms with van der Waals surface area (Å²) in [6.07, 6.45) is -0.863. The van der Waals surface area contributed by atoms with E-state index in [1.54, 1.807) is 12.1 Å². The standard InChI is InChI=1S/C21H18Cl3F2N3O4/c22-15-6-3-11(7-14(15)18(30)28-12-8-20(25,26)9-12)27-19(31)17-16(21(17,23)24)10-1-4-13(5-2-10)29(32)33/h1-7,12,16-17,32-33H,8-9H2,(H,27,31)(H,28,30). The molecule has 12 heteroatoms. The lowest BCUT2D eigenvalue weighted by Gasteiger charge is -2.35. The lowest BCUT2D eigenvalue weighted by molar-refractivity contribution is -0.117. The summed E-state index contributed by atoms with van der Waals surface area (Å²) in [5.74, 6) is -5.24. The van der Waals surface area contributed by atoms with E-state index in [4.69, 9.17) is 45.2 Å². The molecule has 2 fully saturated rings. The largest absolute Gasteiger partial charge is 0.349 e. The van der Waals surface area contributed by atoms with E-state index in [1.165, 1.54) is 30.3 Å². The number of carbonyl (C=O) groups is 2. The first-order chi connectivity index (χ1) is 15.4. The molecule has 0 heterocycles. The van der Waals surface area contributed by atoms with Crippen LogP contribution in [0.4, 0.5) is 20.2 Å². The summed E-state index contributed by atoms with van der Waals surface area (Å²) in [5, 5.41) is 23.3. The summed E-state index contributed by atoms with van der Waals surface area (Å²) >= 11 is 18.7. The molecular formula is C21H18Cl3F2N3O4. The van der Waals surface area contributed by atoms with Gasteiger partial charge >= 0.3 is 0 Å². The number of benzene rings is 2. The highest BCUT2D eigenvalue weighted by Crippen LogP contribution is 2.65. The first kappa shape index (κ1) is 24.0. The summed E-state index contributed by atoms with van der Waals surface area (Å²) in [6, 6.07) is 9.60. The van der Waals surface area contributed by atoms with E-state index in [1.807, 2.05) is 0 Å². The van der Waals surface area contributed by atoms with Crippen molar-refractivity contribution in [2.24, 2.45) is 5.92 Å². The second kappa shape index (κ2) is 8.56. The molecule has 2 aromatic carbocycles. The molecule has 0 saturated heterocycles. The maximum atomic E-state index is 13.0. The Balaban J connectivity index is 1.44. The van der Waals surface area contributed by atoms with E-state index in [0.29, 0.717) is 5.56 Å². The Bertz CT molecular complexity index is 1090. The van der Waals surface area contributed by atoms with Gasteiger partial charge in [-0.25, -0.2) is 8.78 Å². The van der Waals surface area contributed by atoms with Crippen LogP contribution in [0.15, 0.2) is 42.5 Å². The minimum Gasteiger partial charge on any atom is -0.349 e. The van der Waals surface area contributed by atoms with Crippen LogP contribution in [-0.4, -0.2) is 38.5 Å². The van der Waals surface area contributed by atoms with Crippen LogP contribution in [-0.2, 0) is 4.79 Å². The van der Waals surface area contributed by atoms with Crippen LogP contribution in [0.5, 0.6) is 0 Å². The Kier molecular flexibility index (Phi) is 6.22. The van der Waals surface area contributed by atoms with Gasteiger partial charge in [-0.05, 0) is 35.9 Å². The maximum absolute atomic E-state index is 13.0. The number of nitrogens with zero attached hydrogens (tertiary/aromatic N) is 1. The van der Waals surface area contributed by atoms with Crippen molar-refractivity contribution in [2.75, 3.05) is 10.5 Å².